The average molecular weight is 594 g/mol. The Morgan fingerprint density at radius 3 is 2.24 bits per heavy atom. The first-order chi connectivity index (χ1) is 20.0. The minimum atomic E-state index is -3.56. The third-order valence-electron chi connectivity index (χ3n) is 7.23. The van der Waals surface area contributed by atoms with Gasteiger partial charge in [0.2, 0.25) is 21.8 Å². The van der Waals surface area contributed by atoms with Crippen molar-refractivity contribution in [1.29, 1.82) is 0 Å². The van der Waals surface area contributed by atoms with E-state index in [1.165, 1.54) is 10.6 Å². The molecule has 2 amide bonds. The Labute approximate surface area is 250 Å². The van der Waals surface area contributed by atoms with Crippen LogP contribution in [0.25, 0.3) is 0 Å². The first kappa shape index (κ1) is 32.7. The zero-order chi connectivity index (χ0) is 30.7. The number of methoxy groups -OCH3 is 1. The predicted octanol–water partition coefficient (Wildman–Crippen LogP) is 5.10. The maximum atomic E-state index is 14.0. The zero-order valence-corrected chi connectivity index (χ0v) is 26.1. The standard InChI is InChI=1S/C33H43N3O5S/c1-6-26(3)34-33(38)31(23-27-12-8-7-9-13-27)35(24-28-14-10-15-30(22-28)41-4)32(37)16-11-21-36(42(5,39)40)29-19-17-25(2)18-20-29/h7-10,12-15,17-20,22,26,31H,6,11,16,21,23-24H2,1-5H3,(H,34,38)/t26-,31-/m0/s1. The number of nitrogens with zero attached hydrogens (tertiary/aromatic N) is 2. The third kappa shape index (κ3) is 9.62. The first-order valence-corrected chi connectivity index (χ1v) is 16.2. The first-order valence-electron chi connectivity index (χ1n) is 14.3. The summed E-state index contributed by atoms with van der Waals surface area (Å²) in [6.45, 7) is 6.22. The molecule has 0 saturated heterocycles. The summed E-state index contributed by atoms with van der Waals surface area (Å²) >= 11 is 0. The van der Waals surface area contributed by atoms with Crippen LogP contribution in [0.1, 0.15) is 49.8 Å². The number of hydrogen-bond acceptors (Lipinski definition) is 5. The largest absolute Gasteiger partial charge is 0.497 e. The van der Waals surface area contributed by atoms with Crippen molar-refractivity contribution in [3.05, 3.63) is 95.6 Å². The molecule has 0 radical (unpaired) electrons. The molecule has 9 heteroatoms. The fraction of sp³-hybridized carbons (Fsp3) is 0.394. The van der Waals surface area contributed by atoms with Crippen LogP contribution in [0.15, 0.2) is 78.9 Å². The van der Waals surface area contributed by atoms with Gasteiger partial charge in [0.15, 0.2) is 0 Å². The van der Waals surface area contributed by atoms with E-state index in [0.717, 1.165) is 23.1 Å². The van der Waals surface area contributed by atoms with Crippen molar-refractivity contribution in [3.63, 3.8) is 0 Å². The molecule has 3 rings (SSSR count). The van der Waals surface area contributed by atoms with Gasteiger partial charge in [0.1, 0.15) is 11.8 Å². The molecule has 3 aromatic rings. The van der Waals surface area contributed by atoms with E-state index in [9.17, 15) is 18.0 Å². The molecule has 0 fully saturated rings. The third-order valence-corrected chi connectivity index (χ3v) is 8.43. The molecule has 226 valence electrons. The average Bonchev–Trinajstić information content (AvgIpc) is 2.97. The highest BCUT2D eigenvalue weighted by atomic mass is 32.2. The Morgan fingerprint density at radius 1 is 0.952 bits per heavy atom. The van der Waals surface area contributed by atoms with E-state index in [1.54, 1.807) is 24.1 Å². The van der Waals surface area contributed by atoms with E-state index < -0.39 is 16.1 Å². The molecule has 3 aromatic carbocycles. The highest BCUT2D eigenvalue weighted by Crippen LogP contribution is 2.22. The number of sulfonamides is 1. The maximum absolute atomic E-state index is 14.0. The predicted molar refractivity (Wildman–Crippen MR) is 168 cm³/mol. The molecule has 0 aliphatic rings. The summed E-state index contributed by atoms with van der Waals surface area (Å²) in [6, 6.07) is 23.5. The molecule has 0 aliphatic heterocycles. The van der Waals surface area contributed by atoms with Gasteiger partial charge in [-0.05, 0) is 62.1 Å². The summed E-state index contributed by atoms with van der Waals surface area (Å²) in [5, 5.41) is 3.07. The lowest BCUT2D eigenvalue weighted by atomic mass is 10.0. The molecule has 0 spiro atoms. The minimum absolute atomic E-state index is 0.0534. The number of carbonyl (C=O) groups is 2. The van der Waals surface area contributed by atoms with Gasteiger partial charge in [0.25, 0.3) is 0 Å². The van der Waals surface area contributed by atoms with Crippen LogP contribution >= 0.6 is 0 Å². The van der Waals surface area contributed by atoms with Crippen molar-refractivity contribution in [2.75, 3.05) is 24.2 Å². The van der Waals surface area contributed by atoms with Gasteiger partial charge < -0.3 is 15.0 Å². The molecular weight excluding hydrogens is 550 g/mol. The molecular formula is C33H43N3O5S. The van der Waals surface area contributed by atoms with Crippen LogP contribution < -0.4 is 14.4 Å². The summed E-state index contributed by atoms with van der Waals surface area (Å²) in [5.74, 6) is 0.211. The van der Waals surface area contributed by atoms with E-state index in [1.807, 2.05) is 87.5 Å². The van der Waals surface area contributed by atoms with E-state index >= 15 is 0 Å². The van der Waals surface area contributed by atoms with Crippen molar-refractivity contribution >= 4 is 27.5 Å². The van der Waals surface area contributed by atoms with Crippen LogP contribution in [0.4, 0.5) is 5.69 Å². The lowest BCUT2D eigenvalue weighted by Gasteiger charge is -2.33. The fourth-order valence-electron chi connectivity index (χ4n) is 4.68. The van der Waals surface area contributed by atoms with Gasteiger partial charge in [-0.25, -0.2) is 8.42 Å². The SMILES string of the molecule is CC[C@H](C)NC(=O)[C@H](Cc1ccccc1)N(Cc1cccc(OC)c1)C(=O)CCCN(c1ccc(C)cc1)S(C)(=O)=O. The van der Waals surface area contributed by atoms with Crippen LogP contribution in [0.5, 0.6) is 5.75 Å². The molecule has 8 nitrogen and oxygen atoms in total. The molecule has 1 N–H and O–H groups in total. The second-order valence-corrected chi connectivity index (χ2v) is 12.6. The van der Waals surface area contributed by atoms with Gasteiger partial charge >= 0.3 is 0 Å². The summed E-state index contributed by atoms with van der Waals surface area (Å²) in [5.41, 5.74) is 3.34. The quantitative estimate of drug-likeness (QED) is 0.264. The van der Waals surface area contributed by atoms with Gasteiger partial charge in [-0.1, -0.05) is 67.1 Å². The second kappa shape index (κ2) is 15.4. The van der Waals surface area contributed by atoms with Crippen LogP contribution in [-0.2, 0) is 32.6 Å². The fourth-order valence-corrected chi connectivity index (χ4v) is 5.64. The van der Waals surface area contributed by atoms with Gasteiger partial charge in [-0.3, -0.25) is 13.9 Å². The lowest BCUT2D eigenvalue weighted by molar-refractivity contribution is -0.141. The normalized spacial score (nSPS) is 12.7. The summed E-state index contributed by atoms with van der Waals surface area (Å²) in [7, 11) is -1.98. The van der Waals surface area contributed by atoms with Crippen molar-refractivity contribution in [3.8, 4) is 5.75 Å². The smallest absolute Gasteiger partial charge is 0.243 e. The Kier molecular flexibility index (Phi) is 12.0. The van der Waals surface area contributed by atoms with Crippen molar-refractivity contribution in [2.24, 2.45) is 0 Å². The van der Waals surface area contributed by atoms with Crippen LogP contribution in [0, 0.1) is 6.92 Å². The molecule has 0 unspecified atom stereocenters. The Morgan fingerprint density at radius 2 is 1.62 bits per heavy atom. The highest BCUT2D eigenvalue weighted by Gasteiger charge is 2.31. The Hall–Kier alpha value is -3.85. The summed E-state index contributed by atoms with van der Waals surface area (Å²) in [6.07, 6.45) is 2.63. The van der Waals surface area contributed by atoms with Crippen LogP contribution in [-0.4, -0.2) is 57.1 Å². The van der Waals surface area contributed by atoms with Crippen LogP contribution in [0.2, 0.25) is 0 Å². The van der Waals surface area contributed by atoms with Gasteiger partial charge in [0.05, 0.1) is 19.1 Å². The Balaban J connectivity index is 1.90. The maximum Gasteiger partial charge on any atom is 0.243 e. The topological polar surface area (TPSA) is 96.0 Å². The van der Waals surface area contributed by atoms with E-state index in [4.69, 9.17) is 4.74 Å². The van der Waals surface area contributed by atoms with E-state index in [0.29, 0.717) is 24.3 Å². The molecule has 0 aliphatic carbocycles. The number of nitrogens with one attached hydrogen (secondary N) is 1. The number of hydrogen-bond donors (Lipinski definition) is 1. The van der Waals surface area contributed by atoms with Crippen molar-refractivity contribution in [2.45, 2.75) is 65.1 Å². The van der Waals surface area contributed by atoms with E-state index in [-0.39, 0.29) is 37.4 Å². The lowest BCUT2D eigenvalue weighted by Crippen LogP contribution is -2.52. The number of aryl methyl sites for hydroxylation is 1. The number of anilines is 1. The van der Waals surface area contributed by atoms with Gasteiger partial charge in [0, 0.05) is 32.0 Å². The van der Waals surface area contributed by atoms with Crippen molar-refractivity contribution in [1.82, 2.24) is 10.2 Å². The highest BCUT2D eigenvalue weighted by molar-refractivity contribution is 7.92. The summed E-state index contributed by atoms with van der Waals surface area (Å²) < 4.78 is 32.0. The number of rotatable bonds is 15. The molecule has 42 heavy (non-hydrogen) atoms. The molecule has 0 bridgehead atoms. The van der Waals surface area contributed by atoms with Crippen molar-refractivity contribution < 1.29 is 22.7 Å². The number of carbonyl (C=O) groups excluding carboxylic acids is 2. The Bertz CT molecular complexity index is 1410. The number of benzene rings is 3. The summed E-state index contributed by atoms with van der Waals surface area (Å²) in [4.78, 5) is 29.3. The molecule has 0 aromatic heterocycles. The number of amides is 2. The molecule has 0 saturated carbocycles. The number of ether oxygens (including phenoxy) is 1. The second-order valence-electron chi connectivity index (χ2n) is 10.7. The van der Waals surface area contributed by atoms with Crippen LogP contribution in [0.3, 0.4) is 0 Å². The minimum Gasteiger partial charge on any atom is -0.497 e. The monoisotopic (exact) mass is 593 g/mol. The van der Waals surface area contributed by atoms with E-state index in [2.05, 4.69) is 5.32 Å². The van der Waals surface area contributed by atoms with Gasteiger partial charge in [-0.15, -0.1) is 0 Å². The molecule has 0 heterocycles. The molecule has 2 atom stereocenters. The zero-order valence-electron chi connectivity index (χ0n) is 25.2. The van der Waals surface area contributed by atoms with Gasteiger partial charge in [-0.2, -0.15) is 0 Å².